The van der Waals surface area contributed by atoms with Crippen molar-refractivity contribution in [2.45, 2.75) is 26.8 Å². The van der Waals surface area contributed by atoms with Crippen molar-refractivity contribution >= 4 is 5.91 Å². The second-order valence-electron chi connectivity index (χ2n) is 5.27. The first kappa shape index (κ1) is 16.7. The van der Waals surface area contributed by atoms with Gasteiger partial charge in [0.2, 0.25) is 5.91 Å². The third-order valence-electron chi connectivity index (χ3n) is 2.75. The fraction of sp³-hybridized carbons (Fsp3) is 0.562. The summed E-state index contributed by atoms with van der Waals surface area (Å²) in [6.45, 7) is 7.38. The Balaban J connectivity index is 1.91. The average molecular weight is 278 g/mol. The topological polar surface area (TPSA) is 50.4 Å². The first-order valence-electron chi connectivity index (χ1n) is 7.27. The van der Waals surface area contributed by atoms with Gasteiger partial charge in [0.1, 0.15) is 6.61 Å². The smallest absolute Gasteiger partial charge is 0.246 e. The molecule has 1 aromatic rings. The Morgan fingerprint density at radius 2 is 2.00 bits per heavy atom. The van der Waals surface area contributed by atoms with Crippen molar-refractivity contribution in [2.24, 2.45) is 5.92 Å². The van der Waals surface area contributed by atoms with Gasteiger partial charge in [0.15, 0.2) is 0 Å². The van der Waals surface area contributed by atoms with Gasteiger partial charge in [-0.2, -0.15) is 0 Å². The van der Waals surface area contributed by atoms with Crippen LogP contribution in [0.2, 0.25) is 0 Å². The predicted molar refractivity (Wildman–Crippen MR) is 81.4 cm³/mol. The number of benzene rings is 1. The molecule has 0 fully saturated rings. The van der Waals surface area contributed by atoms with Crippen LogP contribution in [0.15, 0.2) is 30.3 Å². The van der Waals surface area contributed by atoms with Crippen LogP contribution in [0.1, 0.15) is 25.8 Å². The summed E-state index contributed by atoms with van der Waals surface area (Å²) in [7, 11) is 0. The molecule has 1 aromatic carbocycles. The summed E-state index contributed by atoms with van der Waals surface area (Å²) >= 11 is 0. The van der Waals surface area contributed by atoms with Gasteiger partial charge in [-0.15, -0.1) is 0 Å². The van der Waals surface area contributed by atoms with Crippen LogP contribution in [0, 0.1) is 5.92 Å². The second-order valence-corrected chi connectivity index (χ2v) is 5.27. The number of hydrogen-bond acceptors (Lipinski definition) is 3. The van der Waals surface area contributed by atoms with Crippen molar-refractivity contribution in [3.8, 4) is 0 Å². The van der Waals surface area contributed by atoms with Crippen molar-refractivity contribution in [3.05, 3.63) is 35.9 Å². The number of rotatable bonds is 10. The molecule has 0 aromatic heterocycles. The summed E-state index contributed by atoms with van der Waals surface area (Å²) in [4.78, 5) is 11.4. The van der Waals surface area contributed by atoms with E-state index in [1.165, 1.54) is 5.56 Å². The molecule has 0 aliphatic heterocycles. The minimum Gasteiger partial charge on any atom is -0.372 e. The lowest BCUT2D eigenvalue weighted by atomic mass is 10.2. The third-order valence-corrected chi connectivity index (χ3v) is 2.75. The highest BCUT2D eigenvalue weighted by molar-refractivity contribution is 5.77. The van der Waals surface area contributed by atoms with Crippen LogP contribution in [-0.4, -0.2) is 32.2 Å². The van der Waals surface area contributed by atoms with Crippen molar-refractivity contribution < 1.29 is 9.53 Å². The van der Waals surface area contributed by atoms with Crippen LogP contribution in [0.3, 0.4) is 0 Å². The maximum atomic E-state index is 11.4. The van der Waals surface area contributed by atoms with E-state index in [0.717, 1.165) is 19.5 Å². The molecule has 0 aliphatic carbocycles. The van der Waals surface area contributed by atoms with Gasteiger partial charge in [0.25, 0.3) is 0 Å². The lowest BCUT2D eigenvalue weighted by Crippen LogP contribution is -2.31. The summed E-state index contributed by atoms with van der Waals surface area (Å²) in [5, 5.41) is 6.18. The Kier molecular flexibility index (Phi) is 8.67. The highest BCUT2D eigenvalue weighted by atomic mass is 16.5. The lowest BCUT2D eigenvalue weighted by molar-refractivity contribution is -0.125. The first-order chi connectivity index (χ1) is 9.68. The minimum absolute atomic E-state index is 0.0315. The zero-order chi connectivity index (χ0) is 14.6. The normalized spacial score (nSPS) is 10.8. The van der Waals surface area contributed by atoms with Crippen LogP contribution in [0.25, 0.3) is 0 Å². The summed E-state index contributed by atoms with van der Waals surface area (Å²) in [5.74, 6) is 0.442. The zero-order valence-electron chi connectivity index (χ0n) is 12.5. The number of carbonyl (C=O) groups is 1. The number of amides is 1. The molecule has 0 aliphatic rings. The van der Waals surface area contributed by atoms with Gasteiger partial charge in [-0.3, -0.25) is 4.79 Å². The molecule has 0 saturated heterocycles. The van der Waals surface area contributed by atoms with Crippen molar-refractivity contribution in [1.29, 1.82) is 0 Å². The molecule has 0 heterocycles. The van der Waals surface area contributed by atoms with E-state index in [-0.39, 0.29) is 12.5 Å². The molecule has 0 saturated carbocycles. The molecular weight excluding hydrogens is 252 g/mol. The van der Waals surface area contributed by atoms with E-state index in [1.54, 1.807) is 0 Å². The standard InChI is InChI=1S/C16H26N2O2/c1-14(2)11-18-16(19)13-20-10-6-9-17-12-15-7-4-3-5-8-15/h3-5,7-8,14,17H,6,9-13H2,1-2H3,(H,18,19). The van der Waals surface area contributed by atoms with E-state index >= 15 is 0 Å². The highest BCUT2D eigenvalue weighted by Crippen LogP contribution is 1.97. The minimum atomic E-state index is -0.0315. The van der Waals surface area contributed by atoms with E-state index in [1.807, 2.05) is 18.2 Å². The largest absolute Gasteiger partial charge is 0.372 e. The molecule has 0 unspecified atom stereocenters. The van der Waals surface area contributed by atoms with Gasteiger partial charge < -0.3 is 15.4 Å². The molecule has 1 amide bonds. The fourth-order valence-corrected chi connectivity index (χ4v) is 1.66. The molecule has 0 spiro atoms. The molecule has 2 N–H and O–H groups in total. The van der Waals surface area contributed by atoms with Crippen LogP contribution in [-0.2, 0) is 16.1 Å². The third kappa shape index (κ3) is 8.67. The van der Waals surface area contributed by atoms with Gasteiger partial charge in [-0.05, 0) is 24.4 Å². The Labute approximate surface area is 121 Å². The Morgan fingerprint density at radius 3 is 2.70 bits per heavy atom. The van der Waals surface area contributed by atoms with Gasteiger partial charge >= 0.3 is 0 Å². The summed E-state index contributed by atoms with van der Waals surface area (Å²) in [6, 6.07) is 10.3. The number of hydrogen-bond donors (Lipinski definition) is 2. The van der Waals surface area contributed by atoms with Gasteiger partial charge in [-0.1, -0.05) is 44.2 Å². The molecule has 4 heteroatoms. The van der Waals surface area contributed by atoms with E-state index in [2.05, 4.69) is 36.6 Å². The lowest BCUT2D eigenvalue weighted by Gasteiger charge is -2.08. The molecule has 20 heavy (non-hydrogen) atoms. The number of nitrogens with one attached hydrogen (secondary N) is 2. The molecular formula is C16H26N2O2. The van der Waals surface area contributed by atoms with Crippen molar-refractivity contribution in [2.75, 3.05) is 26.3 Å². The maximum Gasteiger partial charge on any atom is 0.246 e. The summed E-state index contributed by atoms with van der Waals surface area (Å²) in [6.07, 6.45) is 0.907. The van der Waals surface area contributed by atoms with E-state index in [0.29, 0.717) is 19.1 Å². The Bertz CT molecular complexity index is 366. The average Bonchev–Trinajstić information content (AvgIpc) is 2.45. The van der Waals surface area contributed by atoms with E-state index in [9.17, 15) is 4.79 Å². The number of ether oxygens (including phenoxy) is 1. The predicted octanol–water partition coefficient (Wildman–Crippen LogP) is 1.96. The molecule has 1 rings (SSSR count). The first-order valence-corrected chi connectivity index (χ1v) is 7.27. The van der Waals surface area contributed by atoms with Crippen LogP contribution >= 0.6 is 0 Å². The quantitative estimate of drug-likeness (QED) is 0.643. The van der Waals surface area contributed by atoms with E-state index < -0.39 is 0 Å². The van der Waals surface area contributed by atoms with E-state index in [4.69, 9.17) is 4.74 Å². The fourth-order valence-electron chi connectivity index (χ4n) is 1.66. The SMILES string of the molecule is CC(C)CNC(=O)COCCCNCc1ccccc1. The van der Waals surface area contributed by atoms with Crippen molar-refractivity contribution in [3.63, 3.8) is 0 Å². The molecule has 0 bridgehead atoms. The molecule has 4 nitrogen and oxygen atoms in total. The maximum absolute atomic E-state index is 11.4. The molecule has 112 valence electrons. The Hall–Kier alpha value is -1.39. The monoisotopic (exact) mass is 278 g/mol. The Morgan fingerprint density at radius 1 is 1.25 bits per heavy atom. The summed E-state index contributed by atoms with van der Waals surface area (Å²) in [5.41, 5.74) is 1.28. The second kappa shape index (κ2) is 10.4. The van der Waals surface area contributed by atoms with Crippen LogP contribution in [0.5, 0.6) is 0 Å². The highest BCUT2D eigenvalue weighted by Gasteiger charge is 2.01. The molecule has 0 radical (unpaired) electrons. The van der Waals surface area contributed by atoms with Gasteiger partial charge in [0, 0.05) is 19.7 Å². The van der Waals surface area contributed by atoms with Gasteiger partial charge in [-0.25, -0.2) is 0 Å². The van der Waals surface area contributed by atoms with Crippen LogP contribution in [0.4, 0.5) is 0 Å². The molecule has 0 atom stereocenters. The van der Waals surface area contributed by atoms with Crippen LogP contribution < -0.4 is 10.6 Å². The van der Waals surface area contributed by atoms with Crippen molar-refractivity contribution in [1.82, 2.24) is 10.6 Å². The van der Waals surface area contributed by atoms with Gasteiger partial charge in [0.05, 0.1) is 0 Å². The number of carbonyl (C=O) groups excluding carboxylic acids is 1. The zero-order valence-corrected chi connectivity index (χ0v) is 12.5. The summed E-state index contributed by atoms with van der Waals surface area (Å²) < 4.78 is 5.33.